The maximum atomic E-state index is 12.6. The number of likely N-dealkylation sites (N-methyl/N-ethyl adjacent to an activating group) is 1. The Labute approximate surface area is 171 Å². The molecule has 4 rings (SSSR count). The lowest BCUT2D eigenvalue weighted by Crippen LogP contribution is -2.47. The first-order valence-electron chi connectivity index (χ1n) is 10.6. The zero-order valence-corrected chi connectivity index (χ0v) is 17.5. The Kier molecular flexibility index (Phi) is 6.37. The summed E-state index contributed by atoms with van der Waals surface area (Å²) in [6.45, 7) is 14.0. The SMILES string of the molecule is CCN1CCN(CCOc2ccc3c(=O)cc(N4CCOCC4)oc3c2C)CC1. The Bertz CT molecular complexity index is 883. The molecule has 2 fully saturated rings. The number of fused-ring (bicyclic) bond motifs is 1. The van der Waals surface area contributed by atoms with Gasteiger partial charge in [0.15, 0.2) is 11.3 Å². The molecule has 1 aromatic carbocycles. The first kappa shape index (κ1) is 20.2. The van der Waals surface area contributed by atoms with E-state index >= 15 is 0 Å². The number of hydrogen-bond acceptors (Lipinski definition) is 7. The number of rotatable bonds is 6. The van der Waals surface area contributed by atoms with E-state index in [4.69, 9.17) is 13.9 Å². The van der Waals surface area contributed by atoms with E-state index in [1.165, 1.54) is 0 Å². The summed E-state index contributed by atoms with van der Waals surface area (Å²) in [5.41, 5.74) is 1.48. The molecule has 0 bridgehead atoms. The molecule has 3 heterocycles. The minimum atomic E-state index is -0.0174. The maximum absolute atomic E-state index is 12.6. The average Bonchev–Trinajstić information content (AvgIpc) is 2.76. The van der Waals surface area contributed by atoms with E-state index in [-0.39, 0.29) is 5.43 Å². The summed E-state index contributed by atoms with van der Waals surface area (Å²) in [5.74, 6) is 1.40. The van der Waals surface area contributed by atoms with Crippen LogP contribution in [0.3, 0.4) is 0 Å². The zero-order valence-electron chi connectivity index (χ0n) is 17.5. The standard InChI is InChI=1S/C22H31N3O4/c1-3-23-6-8-24(9-7-23)10-15-28-20-5-4-18-19(26)16-21(29-22(18)17(20)2)25-11-13-27-14-12-25/h4-5,16H,3,6-15H2,1-2H3. The van der Waals surface area contributed by atoms with Crippen LogP contribution in [0.1, 0.15) is 12.5 Å². The maximum Gasteiger partial charge on any atom is 0.200 e. The van der Waals surface area contributed by atoms with Gasteiger partial charge in [-0.2, -0.15) is 0 Å². The Hall–Kier alpha value is -2.09. The predicted octanol–water partition coefficient (Wildman–Crippen LogP) is 1.95. The van der Waals surface area contributed by atoms with Gasteiger partial charge in [0.2, 0.25) is 0 Å². The van der Waals surface area contributed by atoms with Crippen molar-refractivity contribution in [1.29, 1.82) is 0 Å². The molecule has 0 atom stereocenters. The van der Waals surface area contributed by atoms with E-state index in [1.54, 1.807) is 6.07 Å². The molecule has 29 heavy (non-hydrogen) atoms. The van der Waals surface area contributed by atoms with Crippen molar-refractivity contribution in [1.82, 2.24) is 9.80 Å². The molecule has 7 heteroatoms. The number of morpholine rings is 1. The first-order chi connectivity index (χ1) is 14.2. The van der Waals surface area contributed by atoms with Crippen LogP contribution in [-0.2, 0) is 4.74 Å². The van der Waals surface area contributed by atoms with Crippen molar-refractivity contribution < 1.29 is 13.9 Å². The topological polar surface area (TPSA) is 58.4 Å². The lowest BCUT2D eigenvalue weighted by molar-refractivity contribution is 0.120. The number of nitrogens with zero attached hydrogens (tertiary/aromatic N) is 3. The van der Waals surface area contributed by atoms with E-state index in [0.717, 1.165) is 63.7 Å². The Morgan fingerprint density at radius 3 is 2.48 bits per heavy atom. The first-order valence-corrected chi connectivity index (χ1v) is 10.6. The van der Waals surface area contributed by atoms with Gasteiger partial charge in [0.25, 0.3) is 0 Å². The molecular formula is C22H31N3O4. The van der Waals surface area contributed by atoms with Crippen LogP contribution in [0.2, 0.25) is 0 Å². The lowest BCUT2D eigenvalue weighted by Gasteiger charge is -2.33. The summed E-state index contributed by atoms with van der Waals surface area (Å²) in [7, 11) is 0. The quantitative estimate of drug-likeness (QED) is 0.733. The smallest absolute Gasteiger partial charge is 0.200 e. The van der Waals surface area contributed by atoms with Gasteiger partial charge in [-0.25, -0.2) is 0 Å². The molecule has 0 amide bonds. The highest BCUT2D eigenvalue weighted by molar-refractivity contribution is 5.82. The predicted molar refractivity (Wildman–Crippen MR) is 114 cm³/mol. The largest absolute Gasteiger partial charge is 0.492 e. The van der Waals surface area contributed by atoms with Crippen LogP contribution in [0, 0.1) is 6.92 Å². The summed E-state index contributed by atoms with van der Waals surface area (Å²) >= 11 is 0. The van der Waals surface area contributed by atoms with Crippen LogP contribution in [0.5, 0.6) is 5.75 Å². The minimum absolute atomic E-state index is 0.0174. The van der Waals surface area contributed by atoms with Crippen LogP contribution in [0.25, 0.3) is 11.0 Å². The molecule has 0 N–H and O–H groups in total. The van der Waals surface area contributed by atoms with E-state index in [9.17, 15) is 4.79 Å². The molecular weight excluding hydrogens is 370 g/mol. The number of aryl methyl sites for hydroxylation is 1. The fourth-order valence-electron chi connectivity index (χ4n) is 4.03. The van der Waals surface area contributed by atoms with Crippen LogP contribution in [-0.4, -0.2) is 82.0 Å². The van der Waals surface area contributed by atoms with Gasteiger partial charge < -0.3 is 23.7 Å². The van der Waals surface area contributed by atoms with Gasteiger partial charge in [-0.3, -0.25) is 9.69 Å². The van der Waals surface area contributed by atoms with Gasteiger partial charge in [-0.1, -0.05) is 6.92 Å². The molecule has 0 spiro atoms. The van der Waals surface area contributed by atoms with Gasteiger partial charge in [-0.05, 0) is 25.6 Å². The van der Waals surface area contributed by atoms with Gasteiger partial charge in [0.1, 0.15) is 17.9 Å². The van der Waals surface area contributed by atoms with Crippen LogP contribution < -0.4 is 15.1 Å². The highest BCUT2D eigenvalue weighted by Gasteiger charge is 2.18. The molecule has 0 radical (unpaired) electrons. The van der Waals surface area contributed by atoms with Gasteiger partial charge in [0, 0.05) is 57.4 Å². The fraction of sp³-hybridized carbons (Fsp3) is 0.591. The number of benzene rings is 1. The van der Waals surface area contributed by atoms with Gasteiger partial charge >= 0.3 is 0 Å². The molecule has 7 nitrogen and oxygen atoms in total. The fourth-order valence-corrected chi connectivity index (χ4v) is 4.03. The summed E-state index contributed by atoms with van der Waals surface area (Å²) in [4.78, 5) is 19.6. The van der Waals surface area contributed by atoms with Crippen molar-refractivity contribution in [3.05, 3.63) is 34.0 Å². The second-order valence-corrected chi connectivity index (χ2v) is 7.74. The molecule has 158 valence electrons. The van der Waals surface area contributed by atoms with Crippen LogP contribution in [0.15, 0.2) is 27.4 Å². The van der Waals surface area contributed by atoms with Crippen molar-refractivity contribution in [2.24, 2.45) is 0 Å². The number of piperazine rings is 1. The molecule has 0 saturated carbocycles. The Balaban J connectivity index is 1.45. The van der Waals surface area contributed by atoms with Crippen molar-refractivity contribution in [3.63, 3.8) is 0 Å². The summed E-state index contributed by atoms with van der Waals surface area (Å²) in [6.07, 6.45) is 0. The van der Waals surface area contributed by atoms with Crippen molar-refractivity contribution in [2.75, 3.05) is 77.1 Å². The zero-order chi connectivity index (χ0) is 20.2. The third kappa shape index (κ3) is 4.57. The molecule has 0 aliphatic carbocycles. The average molecular weight is 402 g/mol. The summed E-state index contributed by atoms with van der Waals surface area (Å²) in [6, 6.07) is 5.29. The number of ether oxygens (including phenoxy) is 2. The molecule has 2 aromatic rings. The molecule has 1 aromatic heterocycles. The molecule has 2 aliphatic heterocycles. The number of anilines is 1. The molecule has 2 aliphatic rings. The third-order valence-corrected chi connectivity index (χ3v) is 5.98. The Morgan fingerprint density at radius 2 is 1.76 bits per heavy atom. The molecule has 2 saturated heterocycles. The minimum Gasteiger partial charge on any atom is -0.492 e. The monoisotopic (exact) mass is 401 g/mol. The lowest BCUT2D eigenvalue weighted by atomic mass is 10.1. The second-order valence-electron chi connectivity index (χ2n) is 7.74. The van der Waals surface area contributed by atoms with Crippen molar-refractivity contribution in [3.8, 4) is 5.75 Å². The van der Waals surface area contributed by atoms with Crippen molar-refractivity contribution in [2.45, 2.75) is 13.8 Å². The highest BCUT2D eigenvalue weighted by atomic mass is 16.5. The van der Waals surface area contributed by atoms with E-state index in [1.807, 2.05) is 19.1 Å². The number of hydrogen-bond donors (Lipinski definition) is 0. The molecule has 0 unspecified atom stereocenters. The van der Waals surface area contributed by atoms with Gasteiger partial charge in [-0.15, -0.1) is 0 Å². The third-order valence-electron chi connectivity index (χ3n) is 5.98. The van der Waals surface area contributed by atoms with E-state index in [0.29, 0.717) is 36.7 Å². The van der Waals surface area contributed by atoms with Crippen LogP contribution >= 0.6 is 0 Å². The van der Waals surface area contributed by atoms with Gasteiger partial charge in [0.05, 0.1) is 18.6 Å². The summed E-state index contributed by atoms with van der Waals surface area (Å²) < 4.78 is 17.6. The Morgan fingerprint density at radius 1 is 1.03 bits per heavy atom. The highest BCUT2D eigenvalue weighted by Crippen LogP contribution is 2.29. The second kappa shape index (κ2) is 9.15. The normalized spacial score (nSPS) is 19.0. The van der Waals surface area contributed by atoms with Crippen LogP contribution in [0.4, 0.5) is 5.88 Å². The summed E-state index contributed by atoms with van der Waals surface area (Å²) in [5, 5.41) is 0.600. The van der Waals surface area contributed by atoms with E-state index < -0.39 is 0 Å². The van der Waals surface area contributed by atoms with E-state index in [2.05, 4.69) is 21.6 Å². The van der Waals surface area contributed by atoms with Crippen molar-refractivity contribution >= 4 is 16.9 Å².